The van der Waals surface area contributed by atoms with Crippen molar-refractivity contribution in [3.63, 3.8) is 0 Å². The molecule has 0 aliphatic carbocycles. The summed E-state index contributed by atoms with van der Waals surface area (Å²) in [4.78, 5) is 8.97. The lowest BCUT2D eigenvalue weighted by Crippen LogP contribution is -2.27. The standard InChI is InChI=1S/C16H17N3S/c1-2-6-13(7-3-1)12-15(14-8-4-5-9-17-14)19-16-18-10-11-20-16/h1-9,15H,10-12H2,(H,18,19). The van der Waals surface area contributed by atoms with Crippen molar-refractivity contribution in [2.45, 2.75) is 12.5 Å². The molecule has 0 bridgehead atoms. The number of rotatable bonds is 4. The Labute approximate surface area is 123 Å². The van der Waals surface area contributed by atoms with E-state index >= 15 is 0 Å². The monoisotopic (exact) mass is 283 g/mol. The fraction of sp³-hybridized carbons (Fsp3) is 0.250. The Balaban J connectivity index is 1.79. The maximum atomic E-state index is 4.49. The number of hydrogen-bond acceptors (Lipinski definition) is 4. The van der Waals surface area contributed by atoms with Gasteiger partial charge in [0.05, 0.1) is 18.3 Å². The van der Waals surface area contributed by atoms with E-state index in [1.54, 1.807) is 11.8 Å². The van der Waals surface area contributed by atoms with Crippen LogP contribution in [0, 0.1) is 0 Å². The minimum Gasteiger partial charge on any atom is -0.356 e. The molecule has 0 amide bonds. The highest BCUT2D eigenvalue weighted by atomic mass is 32.2. The highest BCUT2D eigenvalue weighted by Crippen LogP contribution is 2.19. The van der Waals surface area contributed by atoms with Gasteiger partial charge < -0.3 is 5.32 Å². The Morgan fingerprint density at radius 2 is 1.95 bits per heavy atom. The predicted octanol–water partition coefficient (Wildman–Crippen LogP) is 3.06. The van der Waals surface area contributed by atoms with Gasteiger partial charge in [-0.15, -0.1) is 0 Å². The molecule has 4 heteroatoms. The molecule has 102 valence electrons. The normalized spacial score (nSPS) is 15.7. The van der Waals surface area contributed by atoms with Crippen molar-refractivity contribution < 1.29 is 0 Å². The first kappa shape index (κ1) is 13.2. The molecule has 1 N–H and O–H groups in total. The molecule has 0 fully saturated rings. The summed E-state index contributed by atoms with van der Waals surface area (Å²) in [6.45, 7) is 0.910. The minimum absolute atomic E-state index is 0.169. The maximum absolute atomic E-state index is 4.49. The van der Waals surface area contributed by atoms with Crippen LogP contribution in [-0.2, 0) is 6.42 Å². The van der Waals surface area contributed by atoms with Crippen LogP contribution in [0.25, 0.3) is 0 Å². The number of aromatic nitrogens is 1. The van der Waals surface area contributed by atoms with E-state index in [-0.39, 0.29) is 6.04 Å². The van der Waals surface area contributed by atoms with Crippen LogP contribution >= 0.6 is 11.8 Å². The third-order valence-corrected chi connectivity index (χ3v) is 4.12. The molecule has 0 saturated carbocycles. The number of aliphatic imine (C=N–C) groups is 1. The van der Waals surface area contributed by atoms with Crippen LogP contribution in [0.3, 0.4) is 0 Å². The van der Waals surface area contributed by atoms with Crippen molar-refractivity contribution in [1.82, 2.24) is 10.3 Å². The van der Waals surface area contributed by atoms with Crippen molar-refractivity contribution in [2.75, 3.05) is 12.3 Å². The third kappa shape index (κ3) is 3.39. The quantitative estimate of drug-likeness (QED) is 0.937. The molecule has 2 aromatic rings. The highest BCUT2D eigenvalue weighted by Gasteiger charge is 2.17. The van der Waals surface area contributed by atoms with Gasteiger partial charge in [-0.1, -0.05) is 48.2 Å². The van der Waals surface area contributed by atoms with Crippen LogP contribution in [-0.4, -0.2) is 22.4 Å². The number of benzene rings is 1. The van der Waals surface area contributed by atoms with Crippen molar-refractivity contribution in [1.29, 1.82) is 0 Å². The Morgan fingerprint density at radius 1 is 1.10 bits per heavy atom. The second-order valence-corrected chi connectivity index (χ2v) is 5.76. The van der Waals surface area contributed by atoms with Crippen LogP contribution in [0.2, 0.25) is 0 Å². The lowest BCUT2D eigenvalue weighted by Gasteiger charge is -2.19. The molecule has 0 saturated heterocycles. The molecule has 1 aliphatic heterocycles. The topological polar surface area (TPSA) is 37.3 Å². The molecular weight excluding hydrogens is 266 g/mol. The predicted molar refractivity (Wildman–Crippen MR) is 85.0 cm³/mol. The van der Waals surface area contributed by atoms with E-state index in [1.807, 2.05) is 24.4 Å². The van der Waals surface area contributed by atoms with Crippen molar-refractivity contribution in [2.24, 2.45) is 4.99 Å². The summed E-state index contributed by atoms with van der Waals surface area (Å²) < 4.78 is 0. The van der Waals surface area contributed by atoms with Crippen LogP contribution in [0.4, 0.5) is 0 Å². The number of nitrogens with zero attached hydrogens (tertiary/aromatic N) is 2. The first-order valence-electron chi connectivity index (χ1n) is 6.80. The summed E-state index contributed by atoms with van der Waals surface area (Å²) in [6, 6.07) is 16.7. The summed E-state index contributed by atoms with van der Waals surface area (Å²) in [5.41, 5.74) is 2.37. The minimum atomic E-state index is 0.169. The van der Waals surface area contributed by atoms with Crippen molar-refractivity contribution >= 4 is 16.9 Å². The number of thioether (sulfide) groups is 1. The van der Waals surface area contributed by atoms with Crippen LogP contribution in [0.5, 0.6) is 0 Å². The first-order valence-corrected chi connectivity index (χ1v) is 7.79. The van der Waals surface area contributed by atoms with E-state index in [4.69, 9.17) is 0 Å². The van der Waals surface area contributed by atoms with E-state index in [2.05, 4.69) is 45.6 Å². The van der Waals surface area contributed by atoms with Crippen LogP contribution in [0.15, 0.2) is 59.7 Å². The average Bonchev–Trinajstić information content (AvgIpc) is 3.02. The number of nitrogens with one attached hydrogen (secondary N) is 1. The van der Waals surface area contributed by atoms with Gasteiger partial charge in [-0.05, 0) is 24.1 Å². The SMILES string of the molecule is c1ccc(CC(NC2=NCCS2)c2ccccn2)cc1. The van der Waals surface area contributed by atoms with Gasteiger partial charge in [0.1, 0.15) is 0 Å². The van der Waals surface area contributed by atoms with E-state index in [0.717, 1.165) is 29.6 Å². The molecule has 0 spiro atoms. The lowest BCUT2D eigenvalue weighted by atomic mass is 10.0. The van der Waals surface area contributed by atoms with Gasteiger partial charge in [0.2, 0.25) is 0 Å². The Hall–Kier alpha value is -1.81. The number of pyridine rings is 1. The van der Waals surface area contributed by atoms with Gasteiger partial charge >= 0.3 is 0 Å². The maximum Gasteiger partial charge on any atom is 0.157 e. The second-order valence-electron chi connectivity index (χ2n) is 4.68. The van der Waals surface area contributed by atoms with Crippen molar-refractivity contribution in [3.05, 3.63) is 66.0 Å². The van der Waals surface area contributed by atoms with Gasteiger partial charge in [-0.25, -0.2) is 0 Å². The molecule has 1 unspecified atom stereocenters. The zero-order chi connectivity index (χ0) is 13.6. The van der Waals surface area contributed by atoms with E-state index in [9.17, 15) is 0 Å². The van der Waals surface area contributed by atoms with Gasteiger partial charge in [-0.2, -0.15) is 0 Å². The van der Waals surface area contributed by atoms with E-state index in [1.165, 1.54) is 5.56 Å². The highest BCUT2D eigenvalue weighted by molar-refractivity contribution is 8.14. The molecule has 3 nitrogen and oxygen atoms in total. The molecule has 1 aromatic carbocycles. The molecule has 1 atom stereocenters. The van der Waals surface area contributed by atoms with Gasteiger partial charge in [0, 0.05) is 11.9 Å². The molecule has 1 aliphatic rings. The van der Waals surface area contributed by atoms with Crippen LogP contribution < -0.4 is 5.32 Å². The largest absolute Gasteiger partial charge is 0.356 e. The smallest absolute Gasteiger partial charge is 0.157 e. The van der Waals surface area contributed by atoms with Gasteiger partial charge in [0.15, 0.2) is 5.17 Å². The lowest BCUT2D eigenvalue weighted by molar-refractivity contribution is 0.628. The van der Waals surface area contributed by atoms with Gasteiger partial charge in [0.25, 0.3) is 0 Å². The van der Waals surface area contributed by atoms with E-state index < -0.39 is 0 Å². The molecule has 1 aromatic heterocycles. The average molecular weight is 283 g/mol. The zero-order valence-electron chi connectivity index (χ0n) is 11.2. The summed E-state index contributed by atoms with van der Waals surface area (Å²) in [6.07, 6.45) is 2.76. The summed E-state index contributed by atoms with van der Waals surface area (Å²) in [7, 11) is 0. The third-order valence-electron chi connectivity index (χ3n) is 3.21. The summed E-state index contributed by atoms with van der Waals surface area (Å²) in [5.74, 6) is 1.07. The Morgan fingerprint density at radius 3 is 2.65 bits per heavy atom. The summed E-state index contributed by atoms with van der Waals surface area (Å²) in [5, 5.41) is 4.57. The Bertz CT molecular complexity index is 569. The second kappa shape index (κ2) is 6.57. The molecular formula is C16H17N3S. The number of amidine groups is 1. The Kier molecular flexibility index (Phi) is 4.33. The first-order chi connectivity index (χ1) is 9.92. The molecule has 2 heterocycles. The van der Waals surface area contributed by atoms with Crippen molar-refractivity contribution in [3.8, 4) is 0 Å². The fourth-order valence-corrected chi connectivity index (χ4v) is 3.02. The van der Waals surface area contributed by atoms with E-state index in [0.29, 0.717) is 0 Å². The zero-order valence-corrected chi connectivity index (χ0v) is 12.0. The molecule has 3 rings (SSSR count). The molecule has 0 radical (unpaired) electrons. The number of hydrogen-bond donors (Lipinski definition) is 1. The molecule has 20 heavy (non-hydrogen) atoms. The fourth-order valence-electron chi connectivity index (χ4n) is 2.23. The van der Waals surface area contributed by atoms with Gasteiger partial charge in [-0.3, -0.25) is 9.98 Å². The van der Waals surface area contributed by atoms with Crippen LogP contribution in [0.1, 0.15) is 17.3 Å². The summed E-state index contributed by atoms with van der Waals surface area (Å²) >= 11 is 1.79.